The summed E-state index contributed by atoms with van der Waals surface area (Å²) in [6.45, 7) is 7.78. The molecule has 1 atom stereocenters. The third-order valence-electron chi connectivity index (χ3n) is 3.46. The van der Waals surface area contributed by atoms with Crippen molar-refractivity contribution in [1.29, 1.82) is 0 Å². The molecule has 1 aliphatic rings. The summed E-state index contributed by atoms with van der Waals surface area (Å²) in [7, 11) is 0. The quantitative estimate of drug-likeness (QED) is 0.829. The molecular formula is C16H25NO2. The third kappa shape index (κ3) is 3.95. The highest BCUT2D eigenvalue weighted by Gasteiger charge is 2.29. The molecule has 0 fully saturated rings. The number of nitrogens with one attached hydrogen (secondary N) is 1. The van der Waals surface area contributed by atoms with Crippen LogP contribution in [0.5, 0.6) is 5.75 Å². The zero-order valence-electron chi connectivity index (χ0n) is 12.2. The molecule has 0 bridgehead atoms. The number of aliphatic hydroxyl groups excluding tert-OH is 1. The van der Waals surface area contributed by atoms with Gasteiger partial charge in [-0.05, 0) is 37.5 Å². The van der Waals surface area contributed by atoms with Crippen LogP contribution in [-0.4, -0.2) is 23.4 Å². The second-order valence-electron chi connectivity index (χ2n) is 6.05. The van der Waals surface area contributed by atoms with Gasteiger partial charge in [0, 0.05) is 19.5 Å². The number of aliphatic hydroxyl groups is 1. The normalized spacial score (nSPS) is 17.9. The number of ether oxygens (including phenoxy) is 1. The minimum absolute atomic E-state index is 0.0777. The summed E-state index contributed by atoms with van der Waals surface area (Å²) < 4.78 is 5.86. The van der Waals surface area contributed by atoms with Crippen molar-refractivity contribution < 1.29 is 9.84 Å². The maximum atomic E-state index is 9.67. The highest BCUT2D eigenvalue weighted by atomic mass is 16.5. The summed E-state index contributed by atoms with van der Waals surface area (Å²) >= 11 is 0. The molecule has 0 saturated carbocycles. The Morgan fingerprint density at radius 1 is 1.42 bits per heavy atom. The minimum atomic E-state index is -0.235. The van der Waals surface area contributed by atoms with E-state index >= 15 is 0 Å². The SMILES string of the molecule is CCCC(O)CNCc1ccc2c(c1)CC(C)(C)O2. The second-order valence-corrected chi connectivity index (χ2v) is 6.05. The molecule has 19 heavy (non-hydrogen) atoms. The van der Waals surface area contributed by atoms with Gasteiger partial charge in [0.15, 0.2) is 0 Å². The number of hydrogen-bond acceptors (Lipinski definition) is 3. The fraction of sp³-hybridized carbons (Fsp3) is 0.625. The zero-order valence-corrected chi connectivity index (χ0v) is 12.2. The van der Waals surface area contributed by atoms with Crippen LogP contribution in [0.1, 0.15) is 44.7 Å². The Labute approximate surface area is 116 Å². The Hall–Kier alpha value is -1.06. The molecule has 0 spiro atoms. The minimum Gasteiger partial charge on any atom is -0.487 e. The maximum absolute atomic E-state index is 9.67. The Morgan fingerprint density at radius 2 is 2.21 bits per heavy atom. The summed E-state index contributed by atoms with van der Waals surface area (Å²) in [6, 6.07) is 6.37. The van der Waals surface area contributed by atoms with Crippen LogP contribution in [0.3, 0.4) is 0 Å². The molecule has 0 amide bonds. The van der Waals surface area contributed by atoms with E-state index in [1.54, 1.807) is 0 Å². The van der Waals surface area contributed by atoms with Gasteiger partial charge in [0.25, 0.3) is 0 Å². The molecule has 1 aromatic rings. The van der Waals surface area contributed by atoms with Crippen LogP contribution in [0.4, 0.5) is 0 Å². The van der Waals surface area contributed by atoms with Crippen LogP contribution in [0.25, 0.3) is 0 Å². The Balaban J connectivity index is 1.87. The van der Waals surface area contributed by atoms with Crippen LogP contribution in [0, 0.1) is 0 Å². The van der Waals surface area contributed by atoms with Gasteiger partial charge in [-0.15, -0.1) is 0 Å². The van der Waals surface area contributed by atoms with Crippen LogP contribution >= 0.6 is 0 Å². The van der Waals surface area contributed by atoms with E-state index in [2.05, 4.69) is 44.3 Å². The standard InChI is InChI=1S/C16H25NO2/c1-4-5-14(18)11-17-10-12-6-7-15-13(8-12)9-16(2,3)19-15/h6-8,14,17-18H,4-5,9-11H2,1-3H3. The smallest absolute Gasteiger partial charge is 0.123 e. The summed E-state index contributed by atoms with van der Waals surface area (Å²) in [5.74, 6) is 1.01. The van der Waals surface area contributed by atoms with Gasteiger partial charge < -0.3 is 15.2 Å². The number of benzene rings is 1. The number of hydrogen-bond donors (Lipinski definition) is 2. The highest BCUT2D eigenvalue weighted by molar-refractivity contribution is 5.41. The molecule has 2 N–H and O–H groups in total. The molecule has 0 aliphatic carbocycles. The lowest BCUT2D eigenvalue weighted by molar-refractivity contribution is 0.138. The van der Waals surface area contributed by atoms with Crippen LogP contribution < -0.4 is 10.1 Å². The molecule has 0 radical (unpaired) electrons. The van der Waals surface area contributed by atoms with Crippen molar-refractivity contribution in [3.05, 3.63) is 29.3 Å². The first-order valence-corrected chi connectivity index (χ1v) is 7.20. The Bertz CT molecular complexity index is 429. The van der Waals surface area contributed by atoms with E-state index < -0.39 is 0 Å². The van der Waals surface area contributed by atoms with E-state index in [9.17, 15) is 5.11 Å². The summed E-state index contributed by atoms with van der Waals surface area (Å²) in [4.78, 5) is 0. The van der Waals surface area contributed by atoms with E-state index in [4.69, 9.17) is 4.74 Å². The molecule has 2 rings (SSSR count). The van der Waals surface area contributed by atoms with Crippen molar-refractivity contribution in [1.82, 2.24) is 5.32 Å². The molecule has 1 aromatic carbocycles. The van der Waals surface area contributed by atoms with E-state index in [1.165, 1.54) is 11.1 Å². The van der Waals surface area contributed by atoms with Gasteiger partial charge in [-0.1, -0.05) is 25.5 Å². The largest absolute Gasteiger partial charge is 0.487 e. The van der Waals surface area contributed by atoms with Gasteiger partial charge in [-0.3, -0.25) is 0 Å². The average molecular weight is 263 g/mol. The van der Waals surface area contributed by atoms with Crippen molar-refractivity contribution in [2.24, 2.45) is 0 Å². The maximum Gasteiger partial charge on any atom is 0.123 e. The zero-order chi connectivity index (χ0) is 13.9. The van der Waals surface area contributed by atoms with E-state index in [-0.39, 0.29) is 11.7 Å². The number of rotatable bonds is 6. The molecule has 1 heterocycles. The second kappa shape index (κ2) is 5.93. The fourth-order valence-corrected chi connectivity index (χ4v) is 2.59. The molecule has 3 nitrogen and oxygen atoms in total. The first-order valence-electron chi connectivity index (χ1n) is 7.20. The monoisotopic (exact) mass is 263 g/mol. The molecule has 0 aromatic heterocycles. The fourth-order valence-electron chi connectivity index (χ4n) is 2.59. The lowest BCUT2D eigenvalue weighted by atomic mass is 10.0. The highest BCUT2D eigenvalue weighted by Crippen LogP contribution is 2.35. The van der Waals surface area contributed by atoms with E-state index in [0.29, 0.717) is 6.54 Å². The lowest BCUT2D eigenvalue weighted by Crippen LogP contribution is -2.26. The van der Waals surface area contributed by atoms with Crippen LogP contribution in [0.15, 0.2) is 18.2 Å². The number of fused-ring (bicyclic) bond motifs is 1. The Morgan fingerprint density at radius 3 is 2.95 bits per heavy atom. The van der Waals surface area contributed by atoms with Gasteiger partial charge in [0.05, 0.1) is 6.10 Å². The summed E-state index contributed by atoms with van der Waals surface area (Å²) in [6.07, 6.45) is 2.61. The molecule has 106 valence electrons. The van der Waals surface area contributed by atoms with Crippen molar-refractivity contribution >= 4 is 0 Å². The van der Waals surface area contributed by atoms with Crippen molar-refractivity contribution in [2.75, 3.05) is 6.54 Å². The molecule has 3 heteroatoms. The van der Waals surface area contributed by atoms with Crippen LogP contribution in [-0.2, 0) is 13.0 Å². The lowest BCUT2D eigenvalue weighted by Gasteiger charge is -2.16. The van der Waals surface area contributed by atoms with Crippen molar-refractivity contribution in [3.8, 4) is 5.75 Å². The summed E-state index contributed by atoms with van der Waals surface area (Å²) in [5, 5.41) is 13.0. The first kappa shape index (κ1) is 14.4. The van der Waals surface area contributed by atoms with E-state index in [1.807, 2.05) is 0 Å². The molecular weight excluding hydrogens is 238 g/mol. The first-order chi connectivity index (χ1) is 9.00. The molecule has 1 unspecified atom stereocenters. The third-order valence-corrected chi connectivity index (χ3v) is 3.46. The van der Waals surface area contributed by atoms with Gasteiger partial charge in [0.1, 0.15) is 11.4 Å². The van der Waals surface area contributed by atoms with Gasteiger partial charge >= 0.3 is 0 Å². The van der Waals surface area contributed by atoms with Gasteiger partial charge in [0.2, 0.25) is 0 Å². The van der Waals surface area contributed by atoms with Crippen molar-refractivity contribution in [2.45, 2.75) is 58.3 Å². The average Bonchev–Trinajstić information content (AvgIpc) is 2.62. The van der Waals surface area contributed by atoms with E-state index in [0.717, 1.165) is 31.6 Å². The predicted octanol–water partition coefficient (Wildman–Crippen LogP) is 2.65. The van der Waals surface area contributed by atoms with Crippen molar-refractivity contribution in [3.63, 3.8) is 0 Å². The van der Waals surface area contributed by atoms with Gasteiger partial charge in [-0.2, -0.15) is 0 Å². The molecule has 0 saturated heterocycles. The Kier molecular flexibility index (Phi) is 4.48. The predicted molar refractivity (Wildman–Crippen MR) is 77.5 cm³/mol. The van der Waals surface area contributed by atoms with Gasteiger partial charge in [-0.25, -0.2) is 0 Å². The summed E-state index contributed by atoms with van der Waals surface area (Å²) in [5.41, 5.74) is 2.47. The topological polar surface area (TPSA) is 41.5 Å². The van der Waals surface area contributed by atoms with Crippen LogP contribution in [0.2, 0.25) is 0 Å². The molecule has 1 aliphatic heterocycles.